The number of hydrogen-bond donors (Lipinski definition) is 1. The summed E-state index contributed by atoms with van der Waals surface area (Å²) in [5.41, 5.74) is 10.0. The van der Waals surface area contributed by atoms with Gasteiger partial charge in [-0.1, -0.05) is 6.07 Å². The molecule has 0 saturated carbocycles. The molecule has 0 aliphatic heterocycles. The summed E-state index contributed by atoms with van der Waals surface area (Å²) in [6.07, 6.45) is 5.35. The van der Waals surface area contributed by atoms with Crippen molar-refractivity contribution in [1.29, 1.82) is 0 Å². The molecule has 0 unspecified atom stereocenters. The molecule has 2 N–H and O–H groups in total. The third-order valence-corrected chi connectivity index (χ3v) is 3.23. The lowest BCUT2D eigenvalue weighted by Crippen LogP contribution is -2.02. The Labute approximate surface area is 117 Å². The molecule has 3 aromatic rings. The minimum Gasteiger partial charge on any atom is -0.384 e. The highest BCUT2D eigenvalue weighted by atomic mass is 15.3. The van der Waals surface area contributed by atoms with Gasteiger partial charge in [0.2, 0.25) is 0 Å². The molecule has 0 spiro atoms. The smallest absolute Gasteiger partial charge is 0.127 e. The number of hydrogen-bond acceptors (Lipinski definition) is 4. The lowest BCUT2D eigenvalue weighted by Gasteiger charge is -2.10. The summed E-state index contributed by atoms with van der Waals surface area (Å²) < 4.78 is 1.71. The molecule has 5 heteroatoms. The third kappa shape index (κ3) is 2.14. The molecular weight excluding hydrogens is 250 g/mol. The second-order valence-corrected chi connectivity index (χ2v) is 4.69. The second-order valence-electron chi connectivity index (χ2n) is 4.69. The number of nitrogens with zero attached hydrogens (tertiary/aromatic N) is 4. The third-order valence-electron chi connectivity index (χ3n) is 3.23. The van der Waals surface area contributed by atoms with Gasteiger partial charge in [-0.05, 0) is 37.1 Å². The van der Waals surface area contributed by atoms with Crippen LogP contribution >= 0.6 is 0 Å². The van der Waals surface area contributed by atoms with Gasteiger partial charge in [-0.2, -0.15) is 5.10 Å². The number of rotatable bonds is 2. The first-order chi connectivity index (χ1) is 9.65. The van der Waals surface area contributed by atoms with Crippen molar-refractivity contribution in [2.75, 3.05) is 5.73 Å². The highest BCUT2D eigenvalue weighted by molar-refractivity contribution is 5.68. The van der Waals surface area contributed by atoms with Crippen LogP contribution in [0.3, 0.4) is 0 Å². The summed E-state index contributed by atoms with van der Waals surface area (Å²) in [6, 6.07) is 7.87. The van der Waals surface area contributed by atoms with E-state index in [1.165, 1.54) is 0 Å². The molecule has 0 fully saturated rings. The monoisotopic (exact) mass is 265 g/mol. The molecule has 20 heavy (non-hydrogen) atoms. The highest BCUT2D eigenvalue weighted by Gasteiger charge is 2.07. The fraction of sp³-hybridized carbons (Fsp3) is 0.133. The fourth-order valence-corrected chi connectivity index (χ4v) is 2.11. The number of aryl methyl sites for hydroxylation is 2. The van der Waals surface area contributed by atoms with Gasteiger partial charge in [0.15, 0.2) is 0 Å². The molecular formula is C15H15N5. The zero-order chi connectivity index (χ0) is 14.1. The molecule has 100 valence electrons. The Balaban J connectivity index is 2.12. The minimum atomic E-state index is 0.611. The topological polar surface area (TPSA) is 69.6 Å². The van der Waals surface area contributed by atoms with Gasteiger partial charge >= 0.3 is 0 Å². The molecule has 0 atom stereocenters. The van der Waals surface area contributed by atoms with Gasteiger partial charge in [0, 0.05) is 24.0 Å². The van der Waals surface area contributed by atoms with Crippen molar-refractivity contribution < 1.29 is 0 Å². The average Bonchev–Trinajstić information content (AvgIpc) is 2.87. The fourth-order valence-electron chi connectivity index (χ4n) is 2.11. The first-order valence-electron chi connectivity index (χ1n) is 6.35. The number of aromatic nitrogens is 4. The average molecular weight is 265 g/mol. The SMILES string of the molecule is Cc1ncc(-c2cc(-n3nccc3N)ccc2C)cn1. The van der Waals surface area contributed by atoms with Crippen LogP contribution in [0.25, 0.3) is 16.8 Å². The van der Waals surface area contributed by atoms with Gasteiger partial charge in [0.05, 0.1) is 11.9 Å². The standard InChI is InChI=1S/C15H15N5/c1-10-3-4-13(20-15(16)5-6-19-20)7-14(10)12-8-17-11(2)18-9-12/h3-9H,16H2,1-2H3. The van der Waals surface area contributed by atoms with Crippen LogP contribution in [0.4, 0.5) is 5.82 Å². The van der Waals surface area contributed by atoms with Crippen molar-refractivity contribution in [1.82, 2.24) is 19.7 Å². The van der Waals surface area contributed by atoms with Crippen molar-refractivity contribution in [3.05, 3.63) is 54.2 Å². The zero-order valence-electron chi connectivity index (χ0n) is 11.4. The van der Waals surface area contributed by atoms with Gasteiger partial charge in [-0.15, -0.1) is 0 Å². The van der Waals surface area contributed by atoms with Gasteiger partial charge in [0.25, 0.3) is 0 Å². The molecule has 3 rings (SSSR count). The van der Waals surface area contributed by atoms with E-state index in [1.807, 2.05) is 37.5 Å². The maximum absolute atomic E-state index is 5.90. The summed E-state index contributed by atoms with van der Waals surface area (Å²) in [5.74, 6) is 1.37. The van der Waals surface area contributed by atoms with E-state index in [0.717, 1.165) is 28.2 Å². The Bertz CT molecular complexity index is 743. The molecule has 5 nitrogen and oxygen atoms in total. The maximum atomic E-state index is 5.90. The van der Waals surface area contributed by atoms with Gasteiger partial charge in [-0.3, -0.25) is 0 Å². The molecule has 0 saturated heterocycles. The normalized spacial score (nSPS) is 10.7. The highest BCUT2D eigenvalue weighted by Crippen LogP contribution is 2.25. The van der Waals surface area contributed by atoms with E-state index in [4.69, 9.17) is 5.73 Å². The van der Waals surface area contributed by atoms with Gasteiger partial charge < -0.3 is 5.73 Å². The van der Waals surface area contributed by atoms with E-state index < -0.39 is 0 Å². The number of nitrogens with two attached hydrogens (primary N) is 1. The molecule has 0 radical (unpaired) electrons. The number of benzene rings is 1. The van der Waals surface area contributed by atoms with E-state index in [2.05, 4.69) is 22.0 Å². The Kier molecular flexibility index (Phi) is 2.95. The first-order valence-corrected chi connectivity index (χ1v) is 6.35. The first kappa shape index (κ1) is 12.3. The molecule has 0 amide bonds. The zero-order valence-corrected chi connectivity index (χ0v) is 11.4. The predicted molar refractivity (Wildman–Crippen MR) is 78.5 cm³/mol. The summed E-state index contributed by atoms with van der Waals surface area (Å²) >= 11 is 0. The van der Waals surface area contributed by atoms with Crippen LogP contribution in [0.1, 0.15) is 11.4 Å². The Morgan fingerprint density at radius 1 is 1.05 bits per heavy atom. The molecule has 0 aliphatic rings. The van der Waals surface area contributed by atoms with Crippen LogP contribution in [0.5, 0.6) is 0 Å². The van der Waals surface area contributed by atoms with Crippen LogP contribution in [-0.2, 0) is 0 Å². The Morgan fingerprint density at radius 3 is 2.45 bits per heavy atom. The van der Waals surface area contributed by atoms with E-state index in [-0.39, 0.29) is 0 Å². The van der Waals surface area contributed by atoms with Gasteiger partial charge in [-0.25, -0.2) is 14.6 Å². The van der Waals surface area contributed by atoms with E-state index >= 15 is 0 Å². The van der Waals surface area contributed by atoms with E-state index in [9.17, 15) is 0 Å². The van der Waals surface area contributed by atoms with Crippen LogP contribution in [0.2, 0.25) is 0 Å². The molecule has 0 aliphatic carbocycles. The molecule has 2 aromatic heterocycles. The summed E-state index contributed by atoms with van der Waals surface area (Å²) in [6.45, 7) is 3.93. The van der Waals surface area contributed by atoms with Gasteiger partial charge in [0.1, 0.15) is 11.6 Å². The predicted octanol–water partition coefficient (Wildman–Crippen LogP) is 2.53. The van der Waals surface area contributed by atoms with E-state index in [1.54, 1.807) is 16.9 Å². The van der Waals surface area contributed by atoms with E-state index in [0.29, 0.717) is 5.82 Å². The summed E-state index contributed by atoms with van der Waals surface area (Å²) in [4.78, 5) is 8.50. The van der Waals surface area contributed by atoms with Crippen molar-refractivity contribution in [2.24, 2.45) is 0 Å². The largest absolute Gasteiger partial charge is 0.384 e. The summed E-state index contributed by atoms with van der Waals surface area (Å²) in [5, 5.41) is 4.23. The van der Waals surface area contributed by atoms with Crippen LogP contribution < -0.4 is 5.73 Å². The Morgan fingerprint density at radius 2 is 1.80 bits per heavy atom. The molecule has 1 aromatic carbocycles. The van der Waals surface area contributed by atoms with Crippen LogP contribution in [0, 0.1) is 13.8 Å². The van der Waals surface area contributed by atoms with Crippen LogP contribution in [0.15, 0.2) is 42.9 Å². The number of anilines is 1. The lowest BCUT2D eigenvalue weighted by molar-refractivity contribution is 0.891. The Hall–Kier alpha value is -2.69. The summed E-state index contributed by atoms with van der Waals surface area (Å²) in [7, 11) is 0. The maximum Gasteiger partial charge on any atom is 0.127 e. The van der Waals surface area contributed by atoms with Crippen molar-refractivity contribution in [3.63, 3.8) is 0 Å². The van der Waals surface area contributed by atoms with Crippen LogP contribution in [-0.4, -0.2) is 19.7 Å². The number of nitrogen functional groups attached to an aromatic ring is 1. The van der Waals surface area contributed by atoms with Crippen molar-refractivity contribution in [3.8, 4) is 16.8 Å². The molecule has 0 bridgehead atoms. The minimum absolute atomic E-state index is 0.611. The second kappa shape index (κ2) is 4.77. The lowest BCUT2D eigenvalue weighted by atomic mass is 10.0. The quantitative estimate of drug-likeness (QED) is 0.773. The van der Waals surface area contributed by atoms with Crippen molar-refractivity contribution in [2.45, 2.75) is 13.8 Å². The van der Waals surface area contributed by atoms with Crippen molar-refractivity contribution >= 4 is 5.82 Å². The molecule has 2 heterocycles.